The standard InChI is InChI=1S/C16H16N4O2S/c1-22-13-7-3-2-6-11(13)12-10-20-15(17-12)23-16(18-20)19-9-5-4-8-14(19)21/h2-3,6-7,10H,4-5,8-9H2,1H3. The summed E-state index contributed by atoms with van der Waals surface area (Å²) in [6, 6.07) is 7.77. The minimum absolute atomic E-state index is 0.151. The van der Waals surface area contributed by atoms with Crippen LogP contribution in [-0.4, -0.2) is 34.2 Å². The monoisotopic (exact) mass is 328 g/mol. The molecule has 1 aromatic carbocycles. The van der Waals surface area contributed by atoms with E-state index in [1.54, 1.807) is 16.5 Å². The first-order valence-corrected chi connectivity index (χ1v) is 8.38. The molecule has 23 heavy (non-hydrogen) atoms. The van der Waals surface area contributed by atoms with Gasteiger partial charge in [0.05, 0.1) is 19.0 Å². The number of amides is 1. The number of aromatic nitrogens is 3. The second-order valence-corrected chi connectivity index (χ2v) is 6.38. The lowest BCUT2D eigenvalue weighted by atomic mass is 10.1. The van der Waals surface area contributed by atoms with Crippen molar-refractivity contribution < 1.29 is 9.53 Å². The van der Waals surface area contributed by atoms with Gasteiger partial charge in [0.25, 0.3) is 0 Å². The number of imidazole rings is 1. The summed E-state index contributed by atoms with van der Waals surface area (Å²) in [6.07, 6.45) is 4.48. The molecule has 118 valence electrons. The number of hydrogen-bond donors (Lipinski definition) is 0. The molecule has 3 heterocycles. The fraction of sp³-hybridized carbons (Fsp3) is 0.312. The van der Waals surface area contributed by atoms with Crippen LogP contribution in [0.5, 0.6) is 5.75 Å². The zero-order valence-corrected chi connectivity index (χ0v) is 13.5. The van der Waals surface area contributed by atoms with Gasteiger partial charge in [0.15, 0.2) is 0 Å². The minimum Gasteiger partial charge on any atom is -0.496 e. The Labute approximate surface area is 137 Å². The molecule has 2 aromatic heterocycles. The van der Waals surface area contributed by atoms with Gasteiger partial charge in [-0.05, 0) is 25.0 Å². The number of para-hydroxylation sites is 1. The molecule has 6 nitrogen and oxygen atoms in total. The Hall–Kier alpha value is -2.41. The van der Waals surface area contributed by atoms with E-state index >= 15 is 0 Å². The molecule has 4 rings (SSSR count). The number of nitrogens with zero attached hydrogens (tertiary/aromatic N) is 4. The first-order chi connectivity index (χ1) is 11.3. The summed E-state index contributed by atoms with van der Waals surface area (Å²) in [6.45, 7) is 0.745. The molecule has 0 N–H and O–H groups in total. The number of rotatable bonds is 3. The third-order valence-electron chi connectivity index (χ3n) is 3.97. The van der Waals surface area contributed by atoms with E-state index < -0.39 is 0 Å². The van der Waals surface area contributed by atoms with Crippen molar-refractivity contribution in [2.45, 2.75) is 19.3 Å². The number of hydrogen-bond acceptors (Lipinski definition) is 5. The van der Waals surface area contributed by atoms with Crippen LogP contribution in [0.2, 0.25) is 0 Å². The highest BCUT2D eigenvalue weighted by atomic mass is 32.1. The van der Waals surface area contributed by atoms with Crippen LogP contribution in [0.1, 0.15) is 19.3 Å². The Balaban J connectivity index is 1.70. The van der Waals surface area contributed by atoms with Crippen molar-refractivity contribution in [2.75, 3.05) is 18.6 Å². The summed E-state index contributed by atoms with van der Waals surface area (Å²) in [7, 11) is 1.65. The quantitative estimate of drug-likeness (QED) is 0.741. The van der Waals surface area contributed by atoms with Gasteiger partial charge in [0.1, 0.15) is 5.75 Å². The van der Waals surface area contributed by atoms with Gasteiger partial charge >= 0.3 is 0 Å². The summed E-state index contributed by atoms with van der Waals surface area (Å²) >= 11 is 1.44. The van der Waals surface area contributed by atoms with Crippen LogP contribution < -0.4 is 9.64 Å². The molecule has 1 aliphatic heterocycles. The van der Waals surface area contributed by atoms with Gasteiger partial charge in [0.2, 0.25) is 16.0 Å². The van der Waals surface area contributed by atoms with Crippen LogP contribution in [0, 0.1) is 0 Å². The minimum atomic E-state index is 0.151. The summed E-state index contributed by atoms with van der Waals surface area (Å²) in [4.78, 5) is 19.2. The van der Waals surface area contributed by atoms with E-state index in [1.165, 1.54) is 11.3 Å². The van der Waals surface area contributed by atoms with Crippen molar-refractivity contribution in [3.8, 4) is 17.0 Å². The van der Waals surface area contributed by atoms with Gasteiger partial charge in [-0.3, -0.25) is 9.69 Å². The number of ether oxygens (including phenoxy) is 1. The number of benzene rings is 1. The van der Waals surface area contributed by atoms with E-state index in [2.05, 4.69) is 10.1 Å². The fourth-order valence-corrected chi connectivity index (χ4v) is 3.72. The van der Waals surface area contributed by atoms with Crippen LogP contribution in [0.15, 0.2) is 30.5 Å². The van der Waals surface area contributed by atoms with Crippen molar-refractivity contribution in [1.82, 2.24) is 14.6 Å². The third-order valence-corrected chi connectivity index (χ3v) is 4.92. The van der Waals surface area contributed by atoms with Crippen LogP contribution in [0.25, 0.3) is 16.2 Å². The molecule has 0 bridgehead atoms. The normalized spacial score (nSPS) is 15.3. The van der Waals surface area contributed by atoms with E-state index in [1.807, 2.05) is 30.5 Å². The van der Waals surface area contributed by atoms with Crippen molar-refractivity contribution in [3.63, 3.8) is 0 Å². The molecule has 0 aliphatic carbocycles. The van der Waals surface area contributed by atoms with Crippen molar-refractivity contribution in [1.29, 1.82) is 0 Å². The van der Waals surface area contributed by atoms with E-state index in [0.29, 0.717) is 6.42 Å². The zero-order chi connectivity index (χ0) is 15.8. The maximum atomic E-state index is 12.0. The summed E-state index contributed by atoms with van der Waals surface area (Å²) in [5, 5.41) is 5.25. The highest BCUT2D eigenvalue weighted by molar-refractivity contribution is 7.20. The average molecular weight is 328 g/mol. The second kappa shape index (κ2) is 5.66. The molecule has 1 aliphatic rings. The molecule has 0 radical (unpaired) electrons. The predicted molar refractivity (Wildman–Crippen MR) is 89.1 cm³/mol. The molecular weight excluding hydrogens is 312 g/mol. The van der Waals surface area contributed by atoms with Gasteiger partial charge in [-0.25, -0.2) is 9.50 Å². The van der Waals surface area contributed by atoms with Gasteiger partial charge < -0.3 is 4.74 Å². The largest absolute Gasteiger partial charge is 0.496 e. The van der Waals surface area contributed by atoms with Crippen LogP contribution in [0.4, 0.5) is 5.13 Å². The summed E-state index contributed by atoms with van der Waals surface area (Å²) < 4.78 is 7.13. The highest BCUT2D eigenvalue weighted by Gasteiger charge is 2.23. The number of carbonyl (C=O) groups is 1. The molecule has 0 spiro atoms. The van der Waals surface area contributed by atoms with Crippen molar-refractivity contribution in [3.05, 3.63) is 30.5 Å². The van der Waals surface area contributed by atoms with Gasteiger partial charge in [-0.1, -0.05) is 23.5 Å². The van der Waals surface area contributed by atoms with E-state index in [-0.39, 0.29) is 5.91 Å². The molecular formula is C16H16N4O2S. The second-order valence-electron chi connectivity index (χ2n) is 5.44. The van der Waals surface area contributed by atoms with Gasteiger partial charge in [-0.15, -0.1) is 5.10 Å². The lowest BCUT2D eigenvalue weighted by Crippen LogP contribution is -2.35. The van der Waals surface area contributed by atoms with E-state index in [0.717, 1.165) is 46.5 Å². The number of fused-ring (bicyclic) bond motifs is 1. The summed E-state index contributed by atoms with van der Waals surface area (Å²) in [5.41, 5.74) is 1.75. The van der Waals surface area contributed by atoms with Crippen LogP contribution in [0.3, 0.4) is 0 Å². The molecule has 7 heteroatoms. The maximum Gasteiger partial charge on any atom is 0.228 e. The Kier molecular flexibility index (Phi) is 3.49. The molecule has 1 saturated heterocycles. The number of piperidine rings is 1. The molecule has 1 amide bonds. The highest BCUT2D eigenvalue weighted by Crippen LogP contribution is 2.32. The third kappa shape index (κ3) is 2.46. The molecule has 0 atom stereocenters. The van der Waals surface area contributed by atoms with Gasteiger partial charge in [-0.2, -0.15) is 0 Å². The fourth-order valence-electron chi connectivity index (χ4n) is 2.79. The van der Waals surface area contributed by atoms with Crippen molar-refractivity contribution >= 4 is 27.3 Å². The summed E-state index contributed by atoms with van der Waals surface area (Å²) in [5.74, 6) is 0.933. The number of methoxy groups -OCH3 is 1. The van der Waals surface area contributed by atoms with Crippen LogP contribution in [-0.2, 0) is 4.79 Å². The Morgan fingerprint density at radius 1 is 1.26 bits per heavy atom. The number of carbonyl (C=O) groups excluding carboxylic acids is 1. The molecule has 1 fully saturated rings. The molecule has 0 saturated carbocycles. The SMILES string of the molecule is COc1ccccc1-c1cn2nc(N3CCCCC3=O)sc2n1. The average Bonchev–Trinajstić information content (AvgIpc) is 3.14. The lowest BCUT2D eigenvalue weighted by Gasteiger charge is -2.23. The Bertz CT molecular complexity index is 838. The number of anilines is 1. The van der Waals surface area contributed by atoms with E-state index in [4.69, 9.17) is 4.74 Å². The van der Waals surface area contributed by atoms with Gasteiger partial charge in [0, 0.05) is 18.5 Å². The van der Waals surface area contributed by atoms with Crippen LogP contribution >= 0.6 is 11.3 Å². The topological polar surface area (TPSA) is 59.7 Å². The zero-order valence-electron chi connectivity index (χ0n) is 12.7. The predicted octanol–water partition coefficient (Wildman–Crippen LogP) is 2.98. The first-order valence-electron chi connectivity index (χ1n) is 7.56. The maximum absolute atomic E-state index is 12.0. The smallest absolute Gasteiger partial charge is 0.228 e. The molecule has 0 unspecified atom stereocenters. The van der Waals surface area contributed by atoms with E-state index in [9.17, 15) is 4.79 Å². The first kappa shape index (κ1) is 14.2. The lowest BCUT2D eigenvalue weighted by molar-refractivity contribution is -0.119. The van der Waals surface area contributed by atoms with Crippen molar-refractivity contribution in [2.24, 2.45) is 0 Å². The Morgan fingerprint density at radius 3 is 2.91 bits per heavy atom. The Morgan fingerprint density at radius 2 is 2.13 bits per heavy atom. The molecule has 3 aromatic rings.